The summed E-state index contributed by atoms with van der Waals surface area (Å²) in [6.07, 6.45) is 2.88. The molecule has 12 heteroatoms. The summed E-state index contributed by atoms with van der Waals surface area (Å²) in [5, 5.41) is 14.0. The van der Waals surface area contributed by atoms with Crippen LogP contribution in [0.5, 0.6) is 5.75 Å². The molecule has 1 aromatic carbocycles. The van der Waals surface area contributed by atoms with Gasteiger partial charge in [-0.3, -0.25) is 23.9 Å². The van der Waals surface area contributed by atoms with Crippen molar-refractivity contribution < 1.29 is 23.9 Å². The molecule has 2 bridgehead atoms. The molecule has 11 nitrogen and oxygen atoms in total. The highest BCUT2D eigenvalue weighted by molar-refractivity contribution is 7.15. The molecule has 3 aromatic rings. The number of fused-ring (bicyclic) bond motifs is 3. The zero-order valence-corrected chi connectivity index (χ0v) is 23.0. The summed E-state index contributed by atoms with van der Waals surface area (Å²) in [6.45, 7) is 6.76. The van der Waals surface area contributed by atoms with Crippen molar-refractivity contribution in [2.75, 3.05) is 19.7 Å². The van der Waals surface area contributed by atoms with E-state index in [0.29, 0.717) is 65.8 Å². The van der Waals surface area contributed by atoms with Crippen molar-refractivity contribution in [1.29, 1.82) is 0 Å². The lowest BCUT2D eigenvalue weighted by Gasteiger charge is -2.21. The Morgan fingerprint density at radius 2 is 1.90 bits per heavy atom. The molecule has 3 heterocycles. The minimum absolute atomic E-state index is 0.0939. The van der Waals surface area contributed by atoms with E-state index in [-0.39, 0.29) is 24.1 Å². The Hall–Kier alpha value is -4.06. The molecule has 1 aliphatic rings. The van der Waals surface area contributed by atoms with Crippen LogP contribution in [-0.2, 0) is 17.9 Å². The number of carbonyl (C=O) groups is 4. The third-order valence-electron chi connectivity index (χ3n) is 6.21. The molecule has 0 fully saturated rings. The van der Waals surface area contributed by atoms with Gasteiger partial charge in [0.15, 0.2) is 5.78 Å². The van der Waals surface area contributed by atoms with E-state index in [1.807, 2.05) is 13.0 Å². The number of nitrogens with one attached hydrogen (secondary N) is 2. The van der Waals surface area contributed by atoms with Crippen molar-refractivity contribution in [3.63, 3.8) is 0 Å². The van der Waals surface area contributed by atoms with Crippen molar-refractivity contribution in [3.8, 4) is 5.75 Å². The maximum absolute atomic E-state index is 13.3. The first-order valence-electron chi connectivity index (χ1n) is 12.8. The number of carbonyl (C=O) groups excluding carboxylic acids is 4. The van der Waals surface area contributed by atoms with Crippen LogP contribution in [0.1, 0.15) is 67.6 Å². The average molecular weight is 553 g/mol. The van der Waals surface area contributed by atoms with Gasteiger partial charge in [0.25, 0.3) is 11.8 Å². The Bertz CT molecular complexity index is 1370. The Morgan fingerprint density at radius 1 is 1.10 bits per heavy atom. The molecule has 1 aliphatic heterocycles. The molecule has 4 rings (SSSR count). The SMILES string of the molecule is CC(=O)c1ccc(C(=O)N2CCCNC(=O)[C@@H](C)NC(=O)c3ccc(C)cc3OCCCn3cc(nn3)C2)s1. The lowest BCUT2D eigenvalue weighted by molar-refractivity contribution is -0.122. The fraction of sp³-hybridized carbons (Fsp3) is 0.407. The maximum Gasteiger partial charge on any atom is 0.264 e. The molecule has 0 saturated heterocycles. The van der Waals surface area contributed by atoms with Crippen LogP contribution < -0.4 is 15.4 Å². The lowest BCUT2D eigenvalue weighted by atomic mass is 10.1. The molecule has 0 saturated carbocycles. The fourth-order valence-electron chi connectivity index (χ4n) is 4.09. The van der Waals surface area contributed by atoms with E-state index in [4.69, 9.17) is 4.74 Å². The number of rotatable bonds is 2. The van der Waals surface area contributed by atoms with Gasteiger partial charge in [-0.15, -0.1) is 16.4 Å². The van der Waals surface area contributed by atoms with Gasteiger partial charge < -0.3 is 20.3 Å². The number of aryl methyl sites for hydroxylation is 2. The van der Waals surface area contributed by atoms with E-state index in [1.54, 1.807) is 47.0 Å². The topological polar surface area (TPSA) is 136 Å². The molecule has 3 amide bonds. The minimum Gasteiger partial charge on any atom is -0.493 e. The largest absolute Gasteiger partial charge is 0.493 e. The van der Waals surface area contributed by atoms with E-state index in [1.165, 1.54) is 6.92 Å². The van der Waals surface area contributed by atoms with Gasteiger partial charge in [-0.05, 0) is 57.0 Å². The van der Waals surface area contributed by atoms with Gasteiger partial charge in [0, 0.05) is 26.1 Å². The number of hydrogen-bond acceptors (Lipinski definition) is 8. The Morgan fingerprint density at radius 3 is 2.67 bits per heavy atom. The number of ketones is 1. The van der Waals surface area contributed by atoms with E-state index < -0.39 is 11.9 Å². The third-order valence-corrected chi connectivity index (χ3v) is 7.38. The number of nitrogens with zero attached hydrogens (tertiary/aromatic N) is 4. The minimum atomic E-state index is -0.767. The van der Waals surface area contributed by atoms with Crippen LogP contribution >= 0.6 is 11.3 Å². The first kappa shape index (κ1) is 28.0. The molecule has 1 atom stereocenters. The van der Waals surface area contributed by atoms with Crippen LogP contribution in [0.15, 0.2) is 36.5 Å². The predicted molar refractivity (Wildman–Crippen MR) is 145 cm³/mol. The van der Waals surface area contributed by atoms with Gasteiger partial charge in [0.05, 0.1) is 34.7 Å². The number of amides is 3. The van der Waals surface area contributed by atoms with Crippen LogP contribution in [0.3, 0.4) is 0 Å². The molecule has 0 unspecified atom stereocenters. The number of benzene rings is 1. The van der Waals surface area contributed by atoms with Crippen molar-refractivity contribution in [3.05, 3.63) is 63.1 Å². The summed E-state index contributed by atoms with van der Waals surface area (Å²) in [7, 11) is 0. The smallest absolute Gasteiger partial charge is 0.264 e. The lowest BCUT2D eigenvalue weighted by Crippen LogP contribution is -2.45. The number of ether oxygens (including phenoxy) is 1. The highest BCUT2D eigenvalue weighted by Gasteiger charge is 2.22. The van der Waals surface area contributed by atoms with Crippen molar-refractivity contribution >= 4 is 34.8 Å². The molecule has 39 heavy (non-hydrogen) atoms. The summed E-state index contributed by atoms with van der Waals surface area (Å²) >= 11 is 1.16. The van der Waals surface area contributed by atoms with Crippen LogP contribution in [0.2, 0.25) is 0 Å². The number of hydrogen-bond donors (Lipinski definition) is 2. The summed E-state index contributed by atoms with van der Waals surface area (Å²) in [4.78, 5) is 53.2. The van der Waals surface area contributed by atoms with E-state index in [0.717, 1.165) is 16.9 Å². The van der Waals surface area contributed by atoms with E-state index in [9.17, 15) is 19.2 Å². The third kappa shape index (κ3) is 7.29. The quantitative estimate of drug-likeness (QED) is 0.467. The molecule has 206 valence electrons. The van der Waals surface area contributed by atoms with Crippen LogP contribution in [0.25, 0.3) is 0 Å². The standard InChI is InChI=1S/C27H32N6O5S/c1-17-6-7-21-22(14-17)38-13-5-12-33-16-20(30-31-33)15-32(27(37)24-9-8-23(39-24)19(3)34)11-4-10-28-25(35)18(2)29-26(21)36/h6-9,14,16,18H,4-5,10-13,15H2,1-3H3,(H,28,35)(H,29,36)/t18-/m1/s1. The second-order valence-electron chi connectivity index (χ2n) is 9.46. The Kier molecular flexibility index (Phi) is 9.07. The fourth-order valence-corrected chi connectivity index (χ4v) is 4.96. The van der Waals surface area contributed by atoms with Gasteiger partial charge in [0.2, 0.25) is 5.91 Å². The van der Waals surface area contributed by atoms with Crippen LogP contribution in [-0.4, -0.2) is 69.1 Å². The number of Topliss-reactive ketones (excluding diaryl/α,β-unsaturated/α-hetero) is 1. The van der Waals surface area contributed by atoms with Crippen molar-refractivity contribution in [2.45, 2.75) is 52.7 Å². The van der Waals surface area contributed by atoms with E-state index in [2.05, 4.69) is 20.9 Å². The highest BCUT2D eigenvalue weighted by atomic mass is 32.1. The van der Waals surface area contributed by atoms with Crippen molar-refractivity contribution in [2.24, 2.45) is 0 Å². The summed E-state index contributed by atoms with van der Waals surface area (Å²) in [5.41, 5.74) is 1.93. The first-order chi connectivity index (χ1) is 18.7. The maximum atomic E-state index is 13.3. The zero-order valence-electron chi connectivity index (χ0n) is 22.2. The molecule has 0 spiro atoms. The van der Waals surface area contributed by atoms with Gasteiger partial charge in [-0.25, -0.2) is 0 Å². The second kappa shape index (κ2) is 12.7. The predicted octanol–water partition coefficient (Wildman–Crippen LogP) is 2.60. The zero-order chi connectivity index (χ0) is 27.9. The number of thiophene rings is 1. The molecular weight excluding hydrogens is 520 g/mol. The average Bonchev–Trinajstić information content (AvgIpc) is 3.57. The summed E-state index contributed by atoms with van der Waals surface area (Å²) in [5.74, 6) is -0.594. The molecule has 2 aromatic heterocycles. The van der Waals surface area contributed by atoms with Gasteiger partial charge in [-0.1, -0.05) is 11.3 Å². The van der Waals surface area contributed by atoms with Gasteiger partial charge >= 0.3 is 0 Å². The Balaban J connectivity index is 1.52. The van der Waals surface area contributed by atoms with Crippen LogP contribution in [0, 0.1) is 6.92 Å². The number of aromatic nitrogens is 3. The normalized spacial score (nSPS) is 17.5. The molecular formula is C27H32N6O5S. The second-order valence-corrected chi connectivity index (χ2v) is 10.5. The highest BCUT2D eigenvalue weighted by Crippen LogP contribution is 2.22. The summed E-state index contributed by atoms with van der Waals surface area (Å²) in [6, 6.07) is 7.85. The molecule has 2 N–H and O–H groups in total. The van der Waals surface area contributed by atoms with Crippen molar-refractivity contribution in [1.82, 2.24) is 30.5 Å². The van der Waals surface area contributed by atoms with Crippen LogP contribution in [0.4, 0.5) is 0 Å². The van der Waals surface area contributed by atoms with Gasteiger partial charge in [-0.2, -0.15) is 0 Å². The Labute approximate surface area is 230 Å². The molecule has 0 radical (unpaired) electrons. The molecule has 0 aliphatic carbocycles. The monoisotopic (exact) mass is 552 g/mol. The van der Waals surface area contributed by atoms with Gasteiger partial charge in [0.1, 0.15) is 17.5 Å². The first-order valence-corrected chi connectivity index (χ1v) is 13.6. The van der Waals surface area contributed by atoms with E-state index >= 15 is 0 Å². The summed E-state index contributed by atoms with van der Waals surface area (Å²) < 4.78 is 7.63.